The van der Waals surface area contributed by atoms with Crippen LogP contribution >= 0.6 is 0 Å². The van der Waals surface area contributed by atoms with Crippen LogP contribution in [0.1, 0.15) is 50.2 Å². The zero-order valence-corrected chi connectivity index (χ0v) is 22.5. The van der Waals surface area contributed by atoms with Crippen LogP contribution in [-0.2, 0) is 25.7 Å². The molecule has 2 aromatic rings. The normalized spacial score (nSPS) is 22.7. The van der Waals surface area contributed by atoms with E-state index in [0.29, 0.717) is 32.5 Å². The average molecular weight is 524 g/mol. The summed E-state index contributed by atoms with van der Waals surface area (Å²) in [6.45, 7) is 4.94. The molecule has 0 aliphatic carbocycles. The molecule has 2 aliphatic rings. The van der Waals surface area contributed by atoms with E-state index in [1.807, 2.05) is 30.3 Å². The fraction of sp³-hybridized carbons (Fsp3) is 0.500. The zero-order valence-electron chi connectivity index (χ0n) is 22.5. The van der Waals surface area contributed by atoms with Crippen LogP contribution in [0.4, 0.5) is 4.39 Å². The molecule has 2 fully saturated rings. The molecular weight excluding hydrogens is 485 g/mol. The molecule has 2 aliphatic heterocycles. The average Bonchev–Trinajstić information content (AvgIpc) is 3.12. The Morgan fingerprint density at radius 1 is 1.16 bits per heavy atom. The van der Waals surface area contributed by atoms with E-state index in [0.717, 1.165) is 11.1 Å². The van der Waals surface area contributed by atoms with E-state index < -0.39 is 16.9 Å². The van der Waals surface area contributed by atoms with Crippen molar-refractivity contribution in [2.24, 2.45) is 17.1 Å². The number of nitrogens with two attached hydrogens (primary N) is 1. The number of hydrogen-bond donors (Lipinski definition) is 1. The van der Waals surface area contributed by atoms with Crippen LogP contribution in [0.2, 0.25) is 0 Å². The van der Waals surface area contributed by atoms with Gasteiger partial charge in [-0.1, -0.05) is 42.5 Å². The standard InChI is InChI=1S/C30H38FN3O4/c1-29(2,32)26(35)16-23(19-38-18-21-8-5-4-6-9-21)27(36)34-15-7-14-30(20-34)25(17-33(3)28(30)37)22-10-12-24(31)13-11-22/h4-6,8-13,23,25H,7,14-20,32H2,1-3H3/t23-,25?,30?/m1/s1. The Bertz CT molecular complexity index is 1150. The van der Waals surface area contributed by atoms with Crippen LogP contribution in [-0.4, -0.2) is 66.2 Å². The van der Waals surface area contributed by atoms with Crippen LogP contribution in [0.25, 0.3) is 0 Å². The van der Waals surface area contributed by atoms with Gasteiger partial charge in [0.25, 0.3) is 0 Å². The van der Waals surface area contributed by atoms with Gasteiger partial charge in [-0.05, 0) is 49.9 Å². The molecule has 2 unspecified atom stereocenters. The van der Waals surface area contributed by atoms with Gasteiger partial charge >= 0.3 is 0 Å². The van der Waals surface area contributed by atoms with Gasteiger partial charge in [0.2, 0.25) is 11.8 Å². The van der Waals surface area contributed by atoms with Gasteiger partial charge in [-0.15, -0.1) is 0 Å². The van der Waals surface area contributed by atoms with E-state index in [1.54, 1.807) is 42.8 Å². The Kier molecular flexibility index (Phi) is 8.33. The summed E-state index contributed by atoms with van der Waals surface area (Å²) in [5.41, 5.74) is 6.06. The lowest BCUT2D eigenvalue weighted by atomic mass is 9.69. The quantitative estimate of drug-likeness (QED) is 0.543. The zero-order chi connectivity index (χ0) is 27.5. The minimum absolute atomic E-state index is 0.000343. The third kappa shape index (κ3) is 5.97. The maximum atomic E-state index is 13.9. The predicted octanol–water partition coefficient (Wildman–Crippen LogP) is 3.52. The second-order valence-corrected chi connectivity index (χ2v) is 11.4. The highest BCUT2D eigenvalue weighted by atomic mass is 19.1. The van der Waals surface area contributed by atoms with Crippen molar-refractivity contribution >= 4 is 17.6 Å². The van der Waals surface area contributed by atoms with Gasteiger partial charge in [-0.3, -0.25) is 14.4 Å². The van der Waals surface area contributed by atoms with Crippen LogP contribution in [0.3, 0.4) is 0 Å². The van der Waals surface area contributed by atoms with Crippen LogP contribution in [0.5, 0.6) is 0 Å². The first kappa shape index (κ1) is 27.9. The number of ketones is 1. The molecule has 2 aromatic carbocycles. The summed E-state index contributed by atoms with van der Waals surface area (Å²) >= 11 is 0. The number of benzene rings is 2. The number of nitrogens with zero attached hydrogens (tertiary/aromatic N) is 2. The van der Waals surface area contributed by atoms with E-state index >= 15 is 0 Å². The molecular formula is C30H38FN3O4. The smallest absolute Gasteiger partial charge is 0.231 e. The number of Topliss-reactive ketones (excluding diaryl/α,β-unsaturated/α-hetero) is 1. The summed E-state index contributed by atoms with van der Waals surface area (Å²) < 4.78 is 19.6. The van der Waals surface area contributed by atoms with E-state index in [1.165, 1.54) is 12.1 Å². The molecule has 7 nitrogen and oxygen atoms in total. The highest BCUT2D eigenvalue weighted by Crippen LogP contribution is 2.49. The highest BCUT2D eigenvalue weighted by molar-refractivity contribution is 5.92. The minimum atomic E-state index is -1.07. The monoisotopic (exact) mass is 523 g/mol. The Morgan fingerprint density at radius 2 is 1.84 bits per heavy atom. The molecule has 3 atom stereocenters. The van der Waals surface area contributed by atoms with Crippen molar-refractivity contribution in [3.8, 4) is 0 Å². The number of carbonyl (C=O) groups is 3. The minimum Gasteiger partial charge on any atom is -0.376 e. The molecule has 1 spiro atoms. The number of halogens is 1. The van der Waals surface area contributed by atoms with Crippen molar-refractivity contribution < 1.29 is 23.5 Å². The predicted molar refractivity (Wildman–Crippen MR) is 143 cm³/mol. The third-order valence-corrected chi connectivity index (χ3v) is 7.93. The van der Waals surface area contributed by atoms with Gasteiger partial charge in [-0.2, -0.15) is 0 Å². The Morgan fingerprint density at radius 3 is 2.50 bits per heavy atom. The van der Waals surface area contributed by atoms with Gasteiger partial charge < -0.3 is 20.3 Å². The van der Waals surface area contributed by atoms with Crippen molar-refractivity contribution in [3.05, 3.63) is 71.5 Å². The molecule has 2 amide bonds. The van der Waals surface area contributed by atoms with Gasteiger partial charge in [0.1, 0.15) is 5.82 Å². The van der Waals surface area contributed by atoms with Gasteiger partial charge in [0.15, 0.2) is 5.78 Å². The molecule has 2 saturated heterocycles. The number of ether oxygens (including phenoxy) is 1. The molecule has 0 aromatic heterocycles. The Hall–Kier alpha value is -3.10. The first-order valence-corrected chi connectivity index (χ1v) is 13.2. The summed E-state index contributed by atoms with van der Waals surface area (Å²) in [4.78, 5) is 43.7. The lowest BCUT2D eigenvalue weighted by Crippen LogP contribution is -2.53. The summed E-state index contributed by atoms with van der Waals surface area (Å²) in [7, 11) is 1.77. The highest BCUT2D eigenvalue weighted by Gasteiger charge is 2.55. The summed E-state index contributed by atoms with van der Waals surface area (Å²) in [5, 5.41) is 0. The number of rotatable bonds is 9. The maximum absolute atomic E-state index is 13.9. The molecule has 8 heteroatoms. The van der Waals surface area contributed by atoms with Crippen molar-refractivity contribution in [2.75, 3.05) is 33.3 Å². The molecule has 0 radical (unpaired) electrons. The first-order valence-electron chi connectivity index (χ1n) is 13.2. The van der Waals surface area contributed by atoms with Crippen molar-refractivity contribution in [1.29, 1.82) is 0 Å². The van der Waals surface area contributed by atoms with Crippen molar-refractivity contribution in [2.45, 2.75) is 51.2 Å². The maximum Gasteiger partial charge on any atom is 0.231 e. The molecule has 0 bridgehead atoms. The molecule has 0 saturated carbocycles. The van der Waals surface area contributed by atoms with E-state index in [9.17, 15) is 18.8 Å². The van der Waals surface area contributed by atoms with E-state index in [2.05, 4.69) is 0 Å². The second-order valence-electron chi connectivity index (χ2n) is 11.4. The summed E-state index contributed by atoms with van der Waals surface area (Å²) in [6, 6.07) is 15.9. The summed E-state index contributed by atoms with van der Waals surface area (Å²) in [6.07, 6.45) is 1.28. The largest absolute Gasteiger partial charge is 0.376 e. The van der Waals surface area contributed by atoms with Gasteiger partial charge in [0.05, 0.1) is 30.1 Å². The Balaban J connectivity index is 1.55. The van der Waals surface area contributed by atoms with Crippen molar-refractivity contribution in [3.63, 3.8) is 0 Å². The fourth-order valence-corrected chi connectivity index (χ4v) is 5.77. The Labute approximate surface area is 224 Å². The fourth-order valence-electron chi connectivity index (χ4n) is 5.77. The number of likely N-dealkylation sites (N-methyl/N-ethyl adjacent to an activating group) is 1. The van der Waals surface area contributed by atoms with Crippen molar-refractivity contribution in [1.82, 2.24) is 9.80 Å². The van der Waals surface area contributed by atoms with Crippen LogP contribution < -0.4 is 5.73 Å². The van der Waals surface area contributed by atoms with E-state index in [-0.39, 0.29) is 48.9 Å². The number of likely N-dealkylation sites (tertiary alicyclic amines) is 2. The van der Waals surface area contributed by atoms with E-state index in [4.69, 9.17) is 10.5 Å². The topological polar surface area (TPSA) is 92.9 Å². The number of hydrogen-bond acceptors (Lipinski definition) is 5. The third-order valence-electron chi connectivity index (χ3n) is 7.93. The lowest BCUT2D eigenvalue weighted by molar-refractivity contribution is -0.148. The number of carbonyl (C=O) groups excluding carboxylic acids is 3. The SMILES string of the molecule is CN1CC(c2ccc(F)cc2)C2(CCCN(C(=O)[C@@H](COCc3ccccc3)CC(=O)C(C)(C)N)C2)C1=O. The molecule has 4 rings (SSSR count). The lowest BCUT2D eigenvalue weighted by Gasteiger charge is -2.43. The summed E-state index contributed by atoms with van der Waals surface area (Å²) in [5.74, 6) is -1.61. The van der Waals surface area contributed by atoms with Gasteiger partial charge in [-0.25, -0.2) is 4.39 Å². The molecule has 2 N–H and O–H groups in total. The number of piperidine rings is 1. The van der Waals surface area contributed by atoms with Crippen LogP contribution in [0, 0.1) is 17.2 Å². The first-order chi connectivity index (χ1) is 18.0. The second kappa shape index (κ2) is 11.3. The molecule has 2 heterocycles. The molecule has 38 heavy (non-hydrogen) atoms. The number of amides is 2. The molecule has 204 valence electrons. The van der Waals surface area contributed by atoms with Crippen LogP contribution in [0.15, 0.2) is 54.6 Å². The van der Waals surface area contributed by atoms with Gasteiger partial charge in [0, 0.05) is 39.0 Å².